The second-order valence-corrected chi connectivity index (χ2v) is 15.4. The summed E-state index contributed by atoms with van der Waals surface area (Å²) < 4.78 is 26.7. The summed E-state index contributed by atoms with van der Waals surface area (Å²) in [6.07, 6.45) is 7.43. The molecule has 1 aromatic carbocycles. The first-order chi connectivity index (χ1) is 17.7. The molecule has 0 amide bonds. The molecule has 0 spiro atoms. The van der Waals surface area contributed by atoms with Crippen molar-refractivity contribution in [2.24, 2.45) is 22.7 Å². The van der Waals surface area contributed by atoms with Gasteiger partial charge in [-0.2, -0.15) is 0 Å². The summed E-state index contributed by atoms with van der Waals surface area (Å²) in [5.74, 6) is 7.62. The average molecular weight is 536 g/mol. The molecule has 2 saturated carbocycles. The van der Waals surface area contributed by atoms with Gasteiger partial charge in [-0.25, -0.2) is 12.7 Å². The number of aliphatic hydroxyl groups is 1. The van der Waals surface area contributed by atoms with Crippen LogP contribution in [0.2, 0.25) is 0 Å². The molecule has 5 atom stereocenters. The predicted molar refractivity (Wildman–Crippen MR) is 150 cm³/mol. The molecule has 5 nitrogen and oxygen atoms in total. The summed E-state index contributed by atoms with van der Waals surface area (Å²) in [5, 5.41) is 12.1. The Morgan fingerprint density at radius 2 is 1.74 bits per heavy atom. The third-order valence-electron chi connectivity index (χ3n) is 9.59. The summed E-state index contributed by atoms with van der Waals surface area (Å²) in [6.45, 7) is 8.46. The van der Waals surface area contributed by atoms with Crippen LogP contribution in [0.4, 0.5) is 0 Å². The number of hydrogen-bond acceptors (Lipinski definition) is 4. The highest BCUT2D eigenvalue weighted by Crippen LogP contribution is 2.66. The van der Waals surface area contributed by atoms with Crippen molar-refractivity contribution < 1.29 is 18.3 Å². The first kappa shape index (κ1) is 27.4. The van der Waals surface area contributed by atoms with Crippen LogP contribution in [0.1, 0.15) is 84.1 Å². The molecule has 0 radical (unpaired) electrons. The molecule has 0 unspecified atom stereocenters. The molecule has 4 aliphatic carbocycles. The highest BCUT2D eigenvalue weighted by atomic mass is 32.2. The zero-order valence-electron chi connectivity index (χ0n) is 23.6. The van der Waals surface area contributed by atoms with Gasteiger partial charge < -0.3 is 5.11 Å². The first-order valence-electron chi connectivity index (χ1n) is 13.9. The monoisotopic (exact) mass is 535 g/mol. The van der Waals surface area contributed by atoms with E-state index in [0.717, 1.165) is 37.7 Å². The Kier molecular flexibility index (Phi) is 6.61. The van der Waals surface area contributed by atoms with Crippen molar-refractivity contribution in [3.63, 3.8) is 0 Å². The molecule has 0 aliphatic heterocycles. The lowest BCUT2D eigenvalue weighted by Crippen LogP contribution is -2.51. The third-order valence-corrected chi connectivity index (χ3v) is 11.4. The molecule has 4 aliphatic rings. The topological polar surface area (TPSA) is 74.7 Å². The number of ketones is 1. The van der Waals surface area contributed by atoms with Crippen LogP contribution in [-0.4, -0.2) is 43.3 Å². The van der Waals surface area contributed by atoms with Gasteiger partial charge in [-0.15, -0.1) is 0 Å². The highest BCUT2D eigenvalue weighted by molar-refractivity contribution is 7.89. The Labute approximate surface area is 228 Å². The van der Waals surface area contributed by atoms with Crippen LogP contribution in [0, 0.1) is 34.5 Å². The number of carbonyl (C=O) groups is 1. The Balaban J connectivity index is 1.65. The van der Waals surface area contributed by atoms with E-state index < -0.39 is 15.6 Å². The van der Waals surface area contributed by atoms with Crippen molar-refractivity contribution >= 4 is 15.8 Å². The molecule has 0 bridgehead atoms. The van der Waals surface area contributed by atoms with Crippen molar-refractivity contribution in [2.45, 2.75) is 89.1 Å². The van der Waals surface area contributed by atoms with E-state index in [4.69, 9.17) is 0 Å². The van der Waals surface area contributed by atoms with Gasteiger partial charge in [-0.3, -0.25) is 4.79 Å². The van der Waals surface area contributed by atoms with Crippen molar-refractivity contribution in [2.75, 3.05) is 14.1 Å². The quantitative estimate of drug-likeness (QED) is 0.510. The maximum Gasteiger partial charge on any atom is 0.242 e. The number of allylic oxidation sites excluding steroid dienone is 4. The molecule has 2 fully saturated rings. The van der Waals surface area contributed by atoms with Gasteiger partial charge in [0.05, 0.1) is 4.90 Å². The average Bonchev–Trinajstić information content (AvgIpc) is 3.12. The Bertz CT molecular complexity index is 1380. The van der Waals surface area contributed by atoms with E-state index >= 15 is 0 Å². The van der Waals surface area contributed by atoms with Gasteiger partial charge in [0.15, 0.2) is 5.78 Å². The van der Waals surface area contributed by atoms with Crippen molar-refractivity contribution in [3.05, 3.63) is 52.6 Å². The number of sulfonamides is 1. The van der Waals surface area contributed by atoms with Gasteiger partial charge in [0, 0.05) is 37.3 Å². The van der Waals surface area contributed by atoms with Crippen LogP contribution >= 0.6 is 0 Å². The van der Waals surface area contributed by atoms with E-state index in [1.807, 2.05) is 18.2 Å². The molecule has 0 saturated heterocycles. The fourth-order valence-corrected chi connectivity index (χ4v) is 8.44. The minimum absolute atomic E-state index is 0.0466. The molecule has 6 heteroatoms. The molecule has 5 rings (SSSR count). The minimum Gasteiger partial charge on any atom is -0.377 e. The lowest BCUT2D eigenvalue weighted by Gasteiger charge is -2.53. The second kappa shape index (κ2) is 9.18. The first-order valence-corrected chi connectivity index (χ1v) is 15.4. The lowest BCUT2D eigenvalue weighted by molar-refractivity contribution is -0.114. The van der Waals surface area contributed by atoms with Crippen molar-refractivity contribution in [1.82, 2.24) is 4.31 Å². The number of fused-ring (bicyclic) bond motifs is 4. The molecule has 1 N–H and O–H groups in total. The van der Waals surface area contributed by atoms with Crippen LogP contribution in [0.3, 0.4) is 0 Å². The second-order valence-electron chi connectivity index (χ2n) is 13.3. The van der Waals surface area contributed by atoms with E-state index in [9.17, 15) is 18.3 Å². The van der Waals surface area contributed by atoms with Crippen molar-refractivity contribution in [3.8, 4) is 11.8 Å². The zero-order valence-corrected chi connectivity index (χ0v) is 24.4. The number of rotatable bonds is 3. The lowest BCUT2D eigenvalue weighted by atomic mass is 9.51. The van der Waals surface area contributed by atoms with Gasteiger partial charge in [0.2, 0.25) is 10.0 Å². The van der Waals surface area contributed by atoms with Gasteiger partial charge in [0.1, 0.15) is 5.60 Å². The minimum atomic E-state index is -3.52. The molecule has 1 aromatic rings. The number of nitrogens with zero attached hydrogens (tertiary/aromatic N) is 1. The maximum atomic E-state index is 12.7. The largest absolute Gasteiger partial charge is 0.377 e. The summed E-state index contributed by atoms with van der Waals surface area (Å²) >= 11 is 0. The van der Waals surface area contributed by atoms with Gasteiger partial charge in [0.25, 0.3) is 0 Å². The van der Waals surface area contributed by atoms with Crippen LogP contribution in [0.25, 0.3) is 0 Å². The van der Waals surface area contributed by atoms with Crippen LogP contribution in [0.5, 0.6) is 0 Å². The van der Waals surface area contributed by atoms with E-state index in [1.165, 1.54) is 21.0 Å². The highest BCUT2D eigenvalue weighted by Gasteiger charge is 2.62. The molecule has 0 aromatic heterocycles. The summed E-state index contributed by atoms with van der Waals surface area (Å²) in [4.78, 5) is 12.6. The molecule has 204 valence electrons. The number of hydrogen-bond donors (Lipinski definition) is 1. The van der Waals surface area contributed by atoms with E-state index in [0.29, 0.717) is 24.7 Å². The van der Waals surface area contributed by atoms with E-state index in [1.54, 1.807) is 26.2 Å². The van der Waals surface area contributed by atoms with E-state index in [-0.39, 0.29) is 27.4 Å². The SMILES string of the molecule is CN(C)S(=O)(=O)c1ccc([C@H]2C[C@@]3(C)[C@@H](CC[C@@]3(O)C#CC(C)(C)C)[C@@H]3CCC4=CC(=O)CCC4=C32)cc1. The third kappa shape index (κ3) is 4.41. The maximum absolute atomic E-state index is 12.7. The molecular formula is C32H41NO4S. The van der Waals surface area contributed by atoms with E-state index in [2.05, 4.69) is 39.5 Å². The molecular weight excluding hydrogens is 494 g/mol. The van der Waals surface area contributed by atoms with Gasteiger partial charge in [-0.1, -0.05) is 36.5 Å². The fraction of sp³-hybridized carbons (Fsp3) is 0.594. The fourth-order valence-electron chi connectivity index (χ4n) is 7.54. The Morgan fingerprint density at radius 1 is 1.05 bits per heavy atom. The summed E-state index contributed by atoms with van der Waals surface area (Å²) in [5.41, 5.74) is 3.39. The summed E-state index contributed by atoms with van der Waals surface area (Å²) in [7, 11) is -0.435. The molecule has 0 heterocycles. The van der Waals surface area contributed by atoms with Crippen LogP contribution in [0.15, 0.2) is 52.0 Å². The van der Waals surface area contributed by atoms with Crippen LogP contribution in [-0.2, 0) is 14.8 Å². The van der Waals surface area contributed by atoms with Gasteiger partial charge >= 0.3 is 0 Å². The molecule has 38 heavy (non-hydrogen) atoms. The standard InChI is InChI=1S/C32H41NO4S/c1-30(2,3)17-18-32(35)16-15-28-26-13-9-22-19-23(34)10-14-25(22)29(26)27(20-31(28,32)4)21-7-11-24(12-8-21)38(36,37)33(5)6/h7-8,11-12,19,26-28,35H,9-10,13-16,20H2,1-6H3/t26-,27+,28-,31-,32+/m0/s1. The Hall–Kier alpha value is -2.20. The van der Waals surface area contributed by atoms with Crippen LogP contribution < -0.4 is 0 Å². The predicted octanol–water partition coefficient (Wildman–Crippen LogP) is 5.62. The number of benzene rings is 1. The number of carbonyl (C=O) groups excluding carboxylic acids is 1. The van der Waals surface area contributed by atoms with Crippen molar-refractivity contribution in [1.29, 1.82) is 0 Å². The Morgan fingerprint density at radius 3 is 2.37 bits per heavy atom. The normalized spacial score (nSPS) is 33.2. The zero-order chi connectivity index (χ0) is 27.7. The van der Waals surface area contributed by atoms with Gasteiger partial charge in [-0.05, 0) is 106 Å². The smallest absolute Gasteiger partial charge is 0.242 e. The summed E-state index contributed by atoms with van der Waals surface area (Å²) in [6, 6.07) is 7.33.